The Morgan fingerprint density at radius 2 is 2.26 bits per heavy atom. The van der Waals surface area contributed by atoms with E-state index in [4.69, 9.17) is 16.3 Å². The second-order valence-electron chi connectivity index (χ2n) is 6.31. The van der Waals surface area contributed by atoms with Crippen LogP contribution in [0.2, 0.25) is 5.02 Å². The van der Waals surface area contributed by atoms with Crippen LogP contribution in [0.5, 0.6) is 0 Å². The van der Waals surface area contributed by atoms with E-state index in [9.17, 15) is 18.5 Å². The van der Waals surface area contributed by atoms with Gasteiger partial charge in [-0.3, -0.25) is 4.79 Å². The molecule has 0 aliphatic carbocycles. The molecule has 2 rings (SSSR count). The van der Waals surface area contributed by atoms with Crippen molar-refractivity contribution in [2.24, 2.45) is 0 Å². The standard InChI is InChI=1S/C18H22ClN3O4S/c1-13-16(19)4-3-5-17(13)21-18(23)14(10-20)11-22(7-8-26-2)15-6-9-27(24,25)12-15/h3-5,11,15H,6-9,12H2,1-2H3,(H,21,23)/b14-11-. The van der Waals surface area contributed by atoms with Crippen molar-refractivity contribution in [2.75, 3.05) is 37.1 Å². The third-order valence-electron chi connectivity index (χ3n) is 4.41. The van der Waals surface area contributed by atoms with Crippen molar-refractivity contribution >= 4 is 33.0 Å². The van der Waals surface area contributed by atoms with Gasteiger partial charge in [0, 0.05) is 36.6 Å². The highest BCUT2D eigenvalue weighted by Crippen LogP contribution is 2.24. The first-order valence-corrected chi connectivity index (χ1v) is 10.6. The van der Waals surface area contributed by atoms with E-state index in [1.807, 2.05) is 6.07 Å². The molecule has 1 aromatic carbocycles. The second kappa shape index (κ2) is 9.22. The van der Waals surface area contributed by atoms with Gasteiger partial charge in [-0.25, -0.2) is 8.42 Å². The summed E-state index contributed by atoms with van der Waals surface area (Å²) in [6.45, 7) is 2.49. The first-order valence-electron chi connectivity index (χ1n) is 8.41. The molecule has 1 aromatic rings. The largest absolute Gasteiger partial charge is 0.383 e. The van der Waals surface area contributed by atoms with Crippen LogP contribution in [0.25, 0.3) is 0 Å². The predicted molar refractivity (Wildman–Crippen MR) is 104 cm³/mol. The normalized spacial score (nSPS) is 18.7. The number of hydrogen-bond acceptors (Lipinski definition) is 6. The van der Waals surface area contributed by atoms with E-state index in [0.717, 1.165) is 0 Å². The zero-order valence-corrected chi connectivity index (χ0v) is 16.8. The Bertz CT molecular complexity index is 877. The first kappa shape index (κ1) is 21.2. The molecule has 0 saturated carbocycles. The molecule has 1 aliphatic heterocycles. The van der Waals surface area contributed by atoms with Gasteiger partial charge >= 0.3 is 0 Å². The molecule has 0 spiro atoms. The maximum atomic E-state index is 12.5. The van der Waals surface area contributed by atoms with Gasteiger partial charge in [-0.15, -0.1) is 0 Å². The summed E-state index contributed by atoms with van der Waals surface area (Å²) in [4.78, 5) is 14.2. The number of anilines is 1. The monoisotopic (exact) mass is 411 g/mol. The van der Waals surface area contributed by atoms with Crippen LogP contribution in [-0.4, -0.2) is 57.0 Å². The molecular weight excluding hydrogens is 390 g/mol. The molecule has 7 nitrogen and oxygen atoms in total. The molecule has 0 bridgehead atoms. The van der Waals surface area contributed by atoms with Gasteiger partial charge < -0.3 is 15.0 Å². The number of nitrogens with zero attached hydrogens (tertiary/aromatic N) is 2. The lowest BCUT2D eigenvalue weighted by Crippen LogP contribution is -2.35. The van der Waals surface area contributed by atoms with Crippen LogP contribution in [0.15, 0.2) is 30.0 Å². The molecule has 1 atom stereocenters. The maximum Gasteiger partial charge on any atom is 0.267 e. The van der Waals surface area contributed by atoms with Gasteiger partial charge in [-0.05, 0) is 31.0 Å². The third-order valence-corrected chi connectivity index (χ3v) is 6.57. The summed E-state index contributed by atoms with van der Waals surface area (Å²) < 4.78 is 28.6. The lowest BCUT2D eigenvalue weighted by molar-refractivity contribution is -0.112. The molecule has 1 N–H and O–H groups in total. The van der Waals surface area contributed by atoms with Crippen LogP contribution >= 0.6 is 11.6 Å². The van der Waals surface area contributed by atoms with Crippen LogP contribution in [0.3, 0.4) is 0 Å². The van der Waals surface area contributed by atoms with Crippen LogP contribution < -0.4 is 5.32 Å². The number of carbonyl (C=O) groups excluding carboxylic acids is 1. The molecule has 27 heavy (non-hydrogen) atoms. The molecular formula is C18H22ClN3O4S. The summed E-state index contributed by atoms with van der Waals surface area (Å²) in [5.74, 6) is -0.475. The molecule has 1 amide bonds. The van der Waals surface area contributed by atoms with Gasteiger partial charge in [0.2, 0.25) is 0 Å². The Labute approximate surface area is 164 Å². The van der Waals surface area contributed by atoms with Gasteiger partial charge in [-0.2, -0.15) is 5.26 Å². The number of rotatable bonds is 7. The number of hydrogen-bond donors (Lipinski definition) is 1. The highest BCUT2D eigenvalue weighted by atomic mass is 35.5. The Morgan fingerprint density at radius 3 is 2.85 bits per heavy atom. The third kappa shape index (κ3) is 5.70. The Hall–Kier alpha value is -2.08. The van der Waals surface area contributed by atoms with E-state index in [1.165, 1.54) is 13.3 Å². The summed E-state index contributed by atoms with van der Waals surface area (Å²) in [5.41, 5.74) is 1.10. The minimum atomic E-state index is -3.10. The Morgan fingerprint density at radius 1 is 1.52 bits per heavy atom. The minimum Gasteiger partial charge on any atom is -0.383 e. The molecule has 146 valence electrons. The number of benzene rings is 1. The quantitative estimate of drug-likeness (QED) is 0.545. The van der Waals surface area contributed by atoms with Crippen molar-refractivity contribution in [1.29, 1.82) is 5.26 Å². The lowest BCUT2D eigenvalue weighted by atomic mass is 10.1. The number of amides is 1. The minimum absolute atomic E-state index is 0.000936. The molecule has 9 heteroatoms. The van der Waals surface area contributed by atoms with E-state index in [1.54, 1.807) is 30.0 Å². The Kier molecular flexibility index (Phi) is 7.25. The van der Waals surface area contributed by atoms with Crippen molar-refractivity contribution in [1.82, 2.24) is 4.90 Å². The van der Waals surface area contributed by atoms with Crippen LogP contribution in [0, 0.1) is 18.3 Å². The van der Waals surface area contributed by atoms with Crippen molar-refractivity contribution in [3.63, 3.8) is 0 Å². The molecule has 1 heterocycles. The molecule has 1 saturated heterocycles. The SMILES string of the molecule is COCCN(/C=C(/C#N)C(=O)Nc1cccc(Cl)c1C)C1CCS(=O)(=O)C1. The van der Waals surface area contributed by atoms with E-state index in [0.29, 0.717) is 35.8 Å². The van der Waals surface area contributed by atoms with Crippen molar-refractivity contribution in [2.45, 2.75) is 19.4 Å². The number of nitrogens with one attached hydrogen (secondary N) is 1. The topological polar surface area (TPSA) is 99.5 Å². The number of nitriles is 1. The summed E-state index contributed by atoms with van der Waals surface area (Å²) in [6.07, 6.45) is 1.87. The summed E-state index contributed by atoms with van der Waals surface area (Å²) in [6, 6.07) is 6.72. The average Bonchev–Trinajstić information content (AvgIpc) is 2.99. The van der Waals surface area contributed by atoms with Gasteiger partial charge in [0.05, 0.1) is 18.1 Å². The molecule has 1 fully saturated rings. The van der Waals surface area contributed by atoms with Crippen LogP contribution in [0.1, 0.15) is 12.0 Å². The lowest BCUT2D eigenvalue weighted by Gasteiger charge is -2.26. The molecule has 1 aliphatic rings. The molecule has 0 radical (unpaired) electrons. The zero-order valence-electron chi connectivity index (χ0n) is 15.2. The summed E-state index contributed by atoms with van der Waals surface area (Å²) in [5, 5.41) is 12.6. The van der Waals surface area contributed by atoms with Crippen LogP contribution in [0.4, 0.5) is 5.69 Å². The fourth-order valence-electron chi connectivity index (χ4n) is 2.82. The highest BCUT2D eigenvalue weighted by molar-refractivity contribution is 7.91. The fourth-order valence-corrected chi connectivity index (χ4v) is 4.74. The zero-order chi connectivity index (χ0) is 20.0. The van der Waals surface area contributed by atoms with Crippen molar-refractivity contribution < 1.29 is 17.9 Å². The number of sulfone groups is 1. The Balaban J connectivity index is 2.22. The van der Waals surface area contributed by atoms with Crippen LogP contribution in [-0.2, 0) is 19.4 Å². The maximum absolute atomic E-state index is 12.5. The van der Waals surface area contributed by atoms with Crippen molar-refractivity contribution in [3.05, 3.63) is 40.6 Å². The number of carbonyl (C=O) groups is 1. The first-order chi connectivity index (χ1) is 12.8. The van der Waals surface area contributed by atoms with Gasteiger partial charge in [0.1, 0.15) is 11.6 Å². The predicted octanol–water partition coefficient (Wildman–Crippen LogP) is 2.13. The number of halogens is 1. The summed E-state index contributed by atoms with van der Waals surface area (Å²) in [7, 11) is -1.56. The second-order valence-corrected chi connectivity index (χ2v) is 8.94. The highest BCUT2D eigenvalue weighted by Gasteiger charge is 2.31. The molecule has 1 unspecified atom stereocenters. The van der Waals surface area contributed by atoms with E-state index >= 15 is 0 Å². The average molecular weight is 412 g/mol. The van der Waals surface area contributed by atoms with E-state index < -0.39 is 15.7 Å². The molecule has 0 aromatic heterocycles. The number of methoxy groups -OCH3 is 1. The van der Waals surface area contributed by atoms with E-state index in [2.05, 4.69) is 5.32 Å². The van der Waals surface area contributed by atoms with Gasteiger partial charge in [0.25, 0.3) is 5.91 Å². The smallest absolute Gasteiger partial charge is 0.267 e. The van der Waals surface area contributed by atoms with Gasteiger partial charge in [0.15, 0.2) is 9.84 Å². The van der Waals surface area contributed by atoms with Crippen molar-refractivity contribution in [3.8, 4) is 6.07 Å². The fraction of sp³-hybridized carbons (Fsp3) is 0.444. The van der Waals surface area contributed by atoms with E-state index in [-0.39, 0.29) is 23.1 Å². The van der Waals surface area contributed by atoms with Gasteiger partial charge in [-0.1, -0.05) is 17.7 Å². The number of ether oxygens (including phenoxy) is 1. The summed E-state index contributed by atoms with van der Waals surface area (Å²) >= 11 is 6.06.